The lowest BCUT2D eigenvalue weighted by Gasteiger charge is -2.40. The van der Waals surface area contributed by atoms with Crippen molar-refractivity contribution in [1.29, 1.82) is 0 Å². The van der Waals surface area contributed by atoms with E-state index in [0.29, 0.717) is 0 Å². The second kappa shape index (κ2) is 2.73. The van der Waals surface area contributed by atoms with Gasteiger partial charge in [0.15, 0.2) is 0 Å². The van der Waals surface area contributed by atoms with E-state index in [0.717, 1.165) is 6.42 Å². The quantitative estimate of drug-likeness (QED) is 0.664. The Labute approximate surface area is 82.8 Å². The third kappa shape index (κ3) is 2.75. The second-order valence-corrected chi connectivity index (χ2v) is 5.88. The van der Waals surface area contributed by atoms with Crippen LogP contribution in [0.15, 0.2) is 9.66 Å². The molecule has 0 aromatic carbocycles. The van der Waals surface area contributed by atoms with Crippen molar-refractivity contribution in [2.75, 3.05) is 0 Å². The normalized spacial score (nSPS) is 27.9. The molecule has 0 bridgehead atoms. The van der Waals surface area contributed by atoms with Crippen LogP contribution in [0.4, 0.5) is 0 Å². The summed E-state index contributed by atoms with van der Waals surface area (Å²) in [5.41, 5.74) is 0.424. The minimum atomic E-state index is 0.165. The zero-order valence-corrected chi connectivity index (χ0v) is 9.82. The second-order valence-electron chi connectivity index (χ2n) is 4.50. The summed E-state index contributed by atoms with van der Waals surface area (Å²) in [7, 11) is 0. The Balaban J connectivity index is 2.86. The maximum atomic E-state index is 3.58. The molecule has 0 radical (unpaired) electrons. The molecular weight excluding hydrogens is 249 g/mol. The Morgan fingerprint density at radius 2 is 1.91 bits per heavy atom. The number of rotatable bonds is 0. The van der Waals surface area contributed by atoms with E-state index in [2.05, 4.69) is 61.7 Å². The summed E-state index contributed by atoms with van der Waals surface area (Å²) in [6, 6.07) is 0. The summed E-state index contributed by atoms with van der Waals surface area (Å²) in [6.45, 7) is 8.93. The van der Waals surface area contributed by atoms with E-state index >= 15 is 0 Å². The SMILES string of the molecule is CC1(C)C=C(I)CC(C)(C)N1. The summed E-state index contributed by atoms with van der Waals surface area (Å²) < 4.78 is 1.47. The Hall–Kier alpha value is 0.430. The van der Waals surface area contributed by atoms with E-state index in [1.54, 1.807) is 0 Å². The van der Waals surface area contributed by atoms with Gasteiger partial charge >= 0.3 is 0 Å². The first-order chi connectivity index (χ1) is 4.81. The Bertz CT molecular complexity index is 192. The number of hydrogen-bond acceptors (Lipinski definition) is 1. The van der Waals surface area contributed by atoms with Gasteiger partial charge < -0.3 is 5.32 Å². The van der Waals surface area contributed by atoms with E-state index in [4.69, 9.17) is 0 Å². The van der Waals surface area contributed by atoms with Crippen LogP contribution in [-0.2, 0) is 0 Å². The third-order valence-corrected chi connectivity index (χ3v) is 2.48. The van der Waals surface area contributed by atoms with Gasteiger partial charge in [0.1, 0.15) is 0 Å². The molecule has 11 heavy (non-hydrogen) atoms. The van der Waals surface area contributed by atoms with Crippen molar-refractivity contribution >= 4 is 22.6 Å². The molecule has 2 heteroatoms. The topological polar surface area (TPSA) is 12.0 Å². The fraction of sp³-hybridized carbons (Fsp3) is 0.778. The molecule has 64 valence electrons. The molecule has 0 saturated carbocycles. The van der Waals surface area contributed by atoms with Crippen molar-refractivity contribution in [3.8, 4) is 0 Å². The molecule has 0 atom stereocenters. The van der Waals surface area contributed by atoms with Crippen molar-refractivity contribution in [2.45, 2.75) is 45.2 Å². The predicted octanol–water partition coefficient (Wildman–Crippen LogP) is 2.86. The first kappa shape index (κ1) is 9.52. The first-order valence-corrected chi connectivity index (χ1v) is 5.05. The number of nitrogens with one attached hydrogen (secondary N) is 1. The molecule has 0 saturated heterocycles. The van der Waals surface area contributed by atoms with Crippen molar-refractivity contribution in [1.82, 2.24) is 5.32 Å². The average molecular weight is 265 g/mol. The van der Waals surface area contributed by atoms with Crippen LogP contribution in [0.1, 0.15) is 34.1 Å². The van der Waals surface area contributed by atoms with Crippen LogP contribution in [0.5, 0.6) is 0 Å². The van der Waals surface area contributed by atoms with E-state index in [1.807, 2.05) is 0 Å². The average Bonchev–Trinajstić information content (AvgIpc) is 1.49. The van der Waals surface area contributed by atoms with Crippen LogP contribution in [-0.4, -0.2) is 11.1 Å². The molecule has 1 nitrogen and oxygen atoms in total. The van der Waals surface area contributed by atoms with Crippen molar-refractivity contribution < 1.29 is 0 Å². The highest BCUT2D eigenvalue weighted by atomic mass is 127. The lowest BCUT2D eigenvalue weighted by atomic mass is 9.89. The van der Waals surface area contributed by atoms with Crippen molar-refractivity contribution in [3.05, 3.63) is 9.66 Å². The van der Waals surface area contributed by atoms with Gasteiger partial charge in [0, 0.05) is 11.1 Å². The van der Waals surface area contributed by atoms with Gasteiger partial charge in [-0.2, -0.15) is 0 Å². The van der Waals surface area contributed by atoms with Gasteiger partial charge in [-0.1, -0.05) is 6.08 Å². The Morgan fingerprint density at radius 3 is 2.27 bits per heavy atom. The smallest absolute Gasteiger partial charge is 0.0321 e. The summed E-state index contributed by atoms with van der Waals surface area (Å²) >= 11 is 2.43. The maximum absolute atomic E-state index is 3.58. The monoisotopic (exact) mass is 265 g/mol. The minimum Gasteiger partial charge on any atom is -0.303 e. The van der Waals surface area contributed by atoms with Crippen LogP contribution < -0.4 is 5.32 Å². The molecule has 0 amide bonds. The Kier molecular flexibility index (Phi) is 2.36. The van der Waals surface area contributed by atoms with Gasteiger partial charge in [-0.15, -0.1) is 0 Å². The van der Waals surface area contributed by atoms with Gasteiger partial charge in [0.05, 0.1) is 0 Å². The summed E-state index contributed by atoms with van der Waals surface area (Å²) in [5.74, 6) is 0. The summed E-state index contributed by atoms with van der Waals surface area (Å²) in [6.07, 6.45) is 3.45. The highest BCUT2D eigenvalue weighted by molar-refractivity contribution is 14.1. The molecule has 0 aromatic rings. The standard InChI is InChI=1S/C9H16IN/c1-8(2)5-7(10)6-9(3,4)11-8/h5,11H,6H2,1-4H3. The third-order valence-electron chi connectivity index (χ3n) is 1.79. The lowest BCUT2D eigenvalue weighted by Crippen LogP contribution is -2.53. The molecule has 1 rings (SSSR count). The zero-order chi connectivity index (χ0) is 8.70. The molecule has 1 aliphatic heterocycles. The lowest BCUT2D eigenvalue weighted by molar-refractivity contribution is 0.290. The van der Waals surface area contributed by atoms with E-state index in [9.17, 15) is 0 Å². The molecule has 1 aliphatic rings. The number of hydrogen-bond donors (Lipinski definition) is 1. The highest BCUT2D eigenvalue weighted by Gasteiger charge is 2.30. The van der Waals surface area contributed by atoms with Crippen LogP contribution in [0.3, 0.4) is 0 Å². The largest absolute Gasteiger partial charge is 0.303 e. The number of halogens is 1. The fourth-order valence-electron chi connectivity index (χ4n) is 1.82. The van der Waals surface area contributed by atoms with E-state index in [-0.39, 0.29) is 11.1 Å². The van der Waals surface area contributed by atoms with Gasteiger partial charge in [0.2, 0.25) is 0 Å². The van der Waals surface area contributed by atoms with Crippen LogP contribution in [0, 0.1) is 0 Å². The van der Waals surface area contributed by atoms with E-state index < -0.39 is 0 Å². The maximum Gasteiger partial charge on any atom is 0.0321 e. The molecule has 1 heterocycles. The fourth-order valence-corrected chi connectivity index (χ4v) is 3.55. The highest BCUT2D eigenvalue weighted by Crippen LogP contribution is 2.30. The molecular formula is C9H16IN. The minimum absolute atomic E-state index is 0.165. The van der Waals surface area contributed by atoms with Gasteiger partial charge in [0.25, 0.3) is 0 Å². The van der Waals surface area contributed by atoms with Crippen LogP contribution in [0.25, 0.3) is 0 Å². The summed E-state index contributed by atoms with van der Waals surface area (Å²) in [4.78, 5) is 0. The van der Waals surface area contributed by atoms with Gasteiger partial charge in [-0.3, -0.25) is 0 Å². The van der Waals surface area contributed by atoms with Crippen molar-refractivity contribution in [2.24, 2.45) is 0 Å². The summed E-state index contributed by atoms with van der Waals surface area (Å²) in [5, 5.41) is 3.58. The molecule has 0 fully saturated rings. The molecule has 0 spiro atoms. The first-order valence-electron chi connectivity index (χ1n) is 3.97. The Morgan fingerprint density at radius 1 is 1.36 bits per heavy atom. The van der Waals surface area contributed by atoms with Gasteiger partial charge in [-0.25, -0.2) is 0 Å². The molecule has 0 aliphatic carbocycles. The van der Waals surface area contributed by atoms with Crippen LogP contribution in [0.2, 0.25) is 0 Å². The molecule has 0 unspecified atom stereocenters. The van der Waals surface area contributed by atoms with Crippen molar-refractivity contribution in [3.63, 3.8) is 0 Å². The molecule has 1 N–H and O–H groups in total. The van der Waals surface area contributed by atoms with Crippen LogP contribution >= 0.6 is 22.6 Å². The predicted molar refractivity (Wildman–Crippen MR) is 58.0 cm³/mol. The molecule has 0 aromatic heterocycles. The van der Waals surface area contributed by atoms with Gasteiger partial charge in [-0.05, 0) is 60.3 Å². The zero-order valence-electron chi connectivity index (χ0n) is 7.66. The van der Waals surface area contributed by atoms with E-state index in [1.165, 1.54) is 3.58 Å².